The van der Waals surface area contributed by atoms with Gasteiger partial charge in [0.15, 0.2) is 0 Å². The summed E-state index contributed by atoms with van der Waals surface area (Å²) in [5.74, 6) is 0. The standard InChI is InChI=1S/C15H15Br/c1-10-5-4-6-15(12(10)3)14-8-7-13(16)9-11(14)2/h4-9H,1-3H3. The van der Waals surface area contributed by atoms with Crippen molar-refractivity contribution in [2.75, 3.05) is 0 Å². The van der Waals surface area contributed by atoms with Gasteiger partial charge in [0.2, 0.25) is 0 Å². The van der Waals surface area contributed by atoms with Crippen molar-refractivity contribution in [3.05, 3.63) is 57.6 Å². The molecule has 0 spiro atoms. The minimum absolute atomic E-state index is 1.14. The third-order valence-corrected chi connectivity index (χ3v) is 3.58. The fraction of sp³-hybridized carbons (Fsp3) is 0.200. The van der Waals surface area contributed by atoms with E-state index in [-0.39, 0.29) is 0 Å². The van der Waals surface area contributed by atoms with Gasteiger partial charge in [0.25, 0.3) is 0 Å². The zero-order valence-corrected chi connectivity index (χ0v) is 11.4. The van der Waals surface area contributed by atoms with E-state index < -0.39 is 0 Å². The van der Waals surface area contributed by atoms with Crippen LogP contribution < -0.4 is 0 Å². The lowest BCUT2D eigenvalue weighted by molar-refractivity contribution is 1.33. The van der Waals surface area contributed by atoms with Crippen molar-refractivity contribution in [1.29, 1.82) is 0 Å². The monoisotopic (exact) mass is 274 g/mol. The normalized spacial score (nSPS) is 10.5. The second-order valence-corrected chi connectivity index (χ2v) is 5.12. The van der Waals surface area contributed by atoms with Crippen molar-refractivity contribution in [1.82, 2.24) is 0 Å². The molecule has 0 aliphatic heterocycles. The molecule has 0 N–H and O–H groups in total. The number of hydrogen-bond donors (Lipinski definition) is 0. The molecule has 0 amide bonds. The Morgan fingerprint density at radius 3 is 2.25 bits per heavy atom. The van der Waals surface area contributed by atoms with Gasteiger partial charge in [-0.3, -0.25) is 0 Å². The Bertz CT molecular complexity index is 527. The summed E-state index contributed by atoms with van der Waals surface area (Å²) >= 11 is 3.50. The topological polar surface area (TPSA) is 0 Å². The maximum Gasteiger partial charge on any atom is 0.0178 e. The fourth-order valence-electron chi connectivity index (χ4n) is 1.97. The average molecular weight is 275 g/mol. The van der Waals surface area contributed by atoms with Crippen molar-refractivity contribution >= 4 is 15.9 Å². The summed E-state index contributed by atoms with van der Waals surface area (Å²) in [6, 6.07) is 12.9. The molecule has 0 saturated heterocycles. The molecule has 0 saturated carbocycles. The first-order chi connectivity index (χ1) is 7.59. The van der Waals surface area contributed by atoms with Gasteiger partial charge >= 0.3 is 0 Å². The largest absolute Gasteiger partial charge is 0.0614 e. The highest BCUT2D eigenvalue weighted by Crippen LogP contribution is 2.29. The second kappa shape index (κ2) is 4.42. The molecule has 1 heteroatoms. The SMILES string of the molecule is Cc1cc(Br)ccc1-c1cccc(C)c1C. The molecule has 0 radical (unpaired) electrons. The number of hydrogen-bond acceptors (Lipinski definition) is 0. The molecule has 16 heavy (non-hydrogen) atoms. The molecule has 0 aliphatic carbocycles. The van der Waals surface area contributed by atoms with E-state index in [0.717, 1.165) is 4.47 Å². The Hall–Kier alpha value is -1.08. The Labute approximate surface area is 105 Å². The first-order valence-corrected chi connectivity index (χ1v) is 6.21. The van der Waals surface area contributed by atoms with Crippen LogP contribution >= 0.6 is 15.9 Å². The van der Waals surface area contributed by atoms with Crippen LogP contribution in [0, 0.1) is 20.8 Å². The van der Waals surface area contributed by atoms with E-state index >= 15 is 0 Å². The fourth-order valence-corrected chi connectivity index (χ4v) is 2.45. The first-order valence-electron chi connectivity index (χ1n) is 5.42. The van der Waals surface area contributed by atoms with E-state index in [1.807, 2.05) is 0 Å². The summed E-state index contributed by atoms with van der Waals surface area (Å²) in [6.45, 7) is 6.50. The van der Waals surface area contributed by atoms with E-state index in [9.17, 15) is 0 Å². The van der Waals surface area contributed by atoms with Crippen molar-refractivity contribution in [2.45, 2.75) is 20.8 Å². The van der Waals surface area contributed by atoms with E-state index in [4.69, 9.17) is 0 Å². The van der Waals surface area contributed by atoms with Crippen LogP contribution in [-0.2, 0) is 0 Å². The van der Waals surface area contributed by atoms with Gasteiger partial charge < -0.3 is 0 Å². The van der Waals surface area contributed by atoms with Gasteiger partial charge in [-0.15, -0.1) is 0 Å². The molecule has 0 aromatic heterocycles. The molecule has 0 bridgehead atoms. The Balaban J connectivity index is 2.63. The maximum absolute atomic E-state index is 3.50. The average Bonchev–Trinajstić information content (AvgIpc) is 2.23. The Morgan fingerprint density at radius 1 is 0.812 bits per heavy atom. The van der Waals surface area contributed by atoms with Crippen LogP contribution in [0.15, 0.2) is 40.9 Å². The third kappa shape index (κ3) is 2.05. The lowest BCUT2D eigenvalue weighted by atomic mass is 9.94. The van der Waals surface area contributed by atoms with E-state index in [0.29, 0.717) is 0 Å². The van der Waals surface area contributed by atoms with Gasteiger partial charge in [0.1, 0.15) is 0 Å². The molecule has 2 rings (SSSR count). The number of aryl methyl sites for hydroxylation is 2. The number of benzene rings is 2. The second-order valence-electron chi connectivity index (χ2n) is 4.21. The molecule has 0 unspecified atom stereocenters. The van der Waals surface area contributed by atoms with Crippen molar-refractivity contribution < 1.29 is 0 Å². The summed E-state index contributed by atoms with van der Waals surface area (Å²) in [5.41, 5.74) is 6.69. The molecular weight excluding hydrogens is 260 g/mol. The lowest BCUT2D eigenvalue weighted by Crippen LogP contribution is -1.89. The maximum atomic E-state index is 3.50. The molecule has 2 aromatic rings. The lowest BCUT2D eigenvalue weighted by Gasteiger charge is -2.11. The van der Waals surface area contributed by atoms with Crippen LogP contribution in [-0.4, -0.2) is 0 Å². The molecule has 2 aromatic carbocycles. The van der Waals surface area contributed by atoms with Crippen LogP contribution in [0.4, 0.5) is 0 Å². The van der Waals surface area contributed by atoms with Crippen molar-refractivity contribution in [2.24, 2.45) is 0 Å². The number of rotatable bonds is 1. The predicted octanol–water partition coefficient (Wildman–Crippen LogP) is 5.04. The highest BCUT2D eigenvalue weighted by molar-refractivity contribution is 9.10. The first kappa shape index (κ1) is 11.4. The highest BCUT2D eigenvalue weighted by atomic mass is 79.9. The van der Waals surface area contributed by atoms with Gasteiger partial charge in [-0.2, -0.15) is 0 Å². The summed E-state index contributed by atoms with van der Waals surface area (Å²) in [6.07, 6.45) is 0. The minimum Gasteiger partial charge on any atom is -0.0614 e. The third-order valence-electron chi connectivity index (χ3n) is 3.08. The summed E-state index contributed by atoms with van der Waals surface area (Å²) in [5, 5.41) is 0. The van der Waals surface area contributed by atoms with Crippen LogP contribution in [0.3, 0.4) is 0 Å². The predicted molar refractivity (Wildman–Crippen MR) is 73.8 cm³/mol. The summed E-state index contributed by atoms with van der Waals surface area (Å²) in [4.78, 5) is 0. The summed E-state index contributed by atoms with van der Waals surface area (Å²) < 4.78 is 1.14. The molecule has 82 valence electrons. The number of halogens is 1. The Morgan fingerprint density at radius 2 is 1.56 bits per heavy atom. The van der Waals surface area contributed by atoms with Crippen molar-refractivity contribution in [3.63, 3.8) is 0 Å². The van der Waals surface area contributed by atoms with E-state index in [1.54, 1.807) is 0 Å². The van der Waals surface area contributed by atoms with Crippen LogP contribution in [0.1, 0.15) is 16.7 Å². The quantitative estimate of drug-likeness (QED) is 0.683. The van der Waals surface area contributed by atoms with Gasteiger partial charge in [0.05, 0.1) is 0 Å². The van der Waals surface area contributed by atoms with Gasteiger partial charge in [-0.25, -0.2) is 0 Å². The van der Waals surface area contributed by atoms with Gasteiger partial charge in [-0.1, -0.05) is 40.2 Å². The van der Waals surface area contributed by atoms with Gasteiger partial charge in [0, 0.05) is 4.47 Å². The van der Waals surface area contributed by atoms with Gasteiger partial charge in [-0.05, 0) is 60.7 Å². The smallest absolute Gasteiger partial charge is 0.0178 e. The molecule has 0 heterocycles. The van der Waals surface area contributed by atoms with E-state index in [1.165, 1.54) is 27.8 Å². The van der Waals surface area contributed by atoms with Crippen LogP contribution in [0.25, 0.3) is 11.1 Å². The minimum atomic E-state index is 1.14. The highest BCUT2D eigenvalue weighted by Gasteiger charge is 2.06. The van der Waals surface area contributed by atoms with Crippen molar-refractivity contribution in [3.8, 4) is 11.1 Å². The summed E-state index contributed by atoms with van der Waals surface area (Å²) in [7, 11) is 0. The molecule has 0 atom stereocenters. The Kier molecular flexibility index (Phi) is 3.15. The molecule has 0 nitrogen and oxygen atoms in total. The molecular formula is C15H15Br. The van der Waals surface area contributed by atoms with Crippen LogP contribution in [0.2, 0.25) is 0 Å². The molecule has 0 fully saturated rings. The van der Waals surface area contributed by atoms with Crippen LogP contribution in [0.5, 0.6) is 0 Å². The zero-order chi connectivity index (χ0) is 11.7. The zero-order valence-electron chi connectivity index (χ0n) is 9.84. The molecule has 0 aliphatic rings. The van der Waals surface area contributed by atoms with E-state index in [2.05, 4.69) is 73.1 Å².